The van der Waals surface area contributed by atoms with E-state index in [1.165, 1.54) is 16.7 Å². The summed E-state index contributed by atoms with van der Waals surface area (Å²) in [4.78, 5) is 0. The number of benzene rings is 2. The molecule has 2 nitrogen and oxygen atoms in total. The number of aryl methyl sites for hydroxylation is 1. The van der Waals surface area contributed by atoms with Crippen molar-refractivity contribution in [3.8, 4) is 5.75 Å². The Bertz CT molecular complexity index is 619. The summed E-state index contributed by atoms with van der Waals surface area (Å²) in [6.45, 7) is 4.81. The third-order valence-corrected chi connectivity index (χ3v) is 4.06. The van der Waals surface area contributed by atoms with Crippen molar-refractivity contribution in [1.29, 1.82) is 0 Å². The Morgan fingerprint density at radius 1 is 1.25 bits per heavy atom. The monoisotopic (exact) mass is 267 g/mol. The average molecular weight is 267 g/mol. The van der Waals surface area contributed by atoms with Gasteiger partial charge in [0.15, 0.2) is 0 Å². The summed E-state index contributed by atoms with van der Waals surface area (Å²) in [5.41, 5.74) is 11.2. The zero-order chi connectivity index (χ0) is 14.1. The molecule has 0 bridgehead atoms. The van der Waals surface area contributed by atoms with Crippen LogP contribution in [-0.2, 0) is 6.42 Å². The molecule has 2 N–H and O–H groups in total. The van der Waals surface area contributed by atoms with Crippen molar-refractivity contribution in [2.45, 2.75) is 32.2 Å². The van der Waals surface area contributed by atoms with Crippen molar-refractivity contribution in [3.05, 3.63) is 64.7 Å². The Kier molecular flexibility index (Phi) is 3.49. The molecule has 1 unspecified atom stereocenters. The van der Waals surface area contributed by atoms with E-state index in [1.54, 1.807) is 0 Å². The summed E-state index contributed by atoms with van der Waals surface area (Å²) in [5, 5.41) is 0. The Hall–Kier alpha value is -1.80. The molecule has 0 aromatic heterocycles. The minimum absolute atomic E-state index is 0.000670. The van der Waals surface area contributed by atoms with Gasteiger partial charge in [0.1, 0.15) is 5.75 Å². The van der Waals surface area contributed by atoms with E-state index in [0.29, 0.717) is 5.92 Å². The standard InChI is InChI=1S/C18H21NO/c1-12-7-8-16(13(2)19)18(9-12)20-11-15-10-14-5-3-4-6-17(14)15/h3-9,13,15H,10-11,19H2,1-2H3/t13-,15?/m1/s1. The van der Waals surface area contributed by atoms with Crippen LogP contribution in [0.3, 0.4) is 0 Å². The summed E-state index contributed by atoms with van der Waals surface area (Å²) in [6, 6.07) is 14.9. The van der Waals surface area contributed by atoms with Gasteiger partial charge in [-0.1, -0.05) is 36.4 Å². The van der Waals surface area contributed by atoms with E-state index in [1.807, 2.05) is 6.92 Å². The van der Waals surface area contributed by atoms with E-state index < -0.39 is 0 Å². The first kappa shape index (κ1) is 13.2. The number of ether oxygens (including phenoxy) is 1. The zero-order valence-electron chi connectivity index (χ0n) is 12.1. The SMILES string of the molecule is Cc1ccc([C@@H](C)N)c(OCC2Cc3ccccc32)c1. The van der Waals surface area contributed by atoms with Crippen molar-refractivity contribution >= 4 is 0 Å². The molecule has 3 rings (SSSR count). The molecule has 0 saturated heterocycles. The summed E-state index contributed by atoms with van der Waals surface area (Å²) in [7, 11) is 0. The van der Waals surface area contributed by atoms with E-state index in [4.69, 9.17) is 10.5 Å². The van der Waals surface area contributed by atoms with Crippen molar-refractivity contribution in [2.24, 2.45) is 5.73 Å². The van der Waals surface area contributed by atoms with Crippen molar-refractivity contribution in [1.82, 2.24) is 0 Å². The third-order valence-electron chi connectivity index (χ3n) is 4.06. The quantitative estimate of drug-likeness (QED) is 0.916. The molecule has 2 atom stereocenters. The Morgan fingerprint density at radius 3 is 2.80 bits per heavy atom. The van der Waals surface area contributed by atoms with Crippen LogP contribution in [0.2, 0.25) is 0 Å². The molecule has 0 heterocycles. The van der Waals surface area contributed by atoms with E-state index in [9.17, 15) is 0 Å². The fourth-order valence-electron chi connectivity index (χ4n) is 2.84. The molecule has 0 spiro atoms. The van der Waals surface area contributed by atoms with Crippen LogP contribution in [-0.4, -0.2) is 6.61 Å². The highest BCUT2D eigenvalue weighted by molar-refractivity contribution is 5.41. The van der Waals surface area contributed by atoms with Gasteiger partial charge in [-0.3, -0.25) is 0 Å². The summed E-state index contributed by atoms with van der Waals surface area (Å²) in [5.74, 6) is 1.46. The predicted molar refractivity (Wildman–Crippen MR) is 82.2 cm³/mol. The maximum atomic E-state index is 6.06. The third kappa shape index (κ3) is 2.44. The van der Waals surface area contributed by atoms with Gasteiger partial charge in [-0.15, -0.1) is 0 Å². The van der Waals surface area contributed by atoms with Crippen LogP contribution in [0.15, 0.2) is 42.5 Å². The maximum Gasteiger partial charge on any atom is 0.124 e. The van der Waals surface area contributed by atoms with E-state index in [-0.39, 0.29) is 6.04 Å². The van der Waals surface area contributed by atoms with Crippen LogP contribution in [0.5, 0.6) is 5.75 Å². The maximum absolute atomic E-state index is 6.06. The second-order valence-corrected chi connectivity index (χ2v) is 5.74. The van der Waals surface area contributed by atoms with Crippen molar-refractivity contribution in [3.63, 3.8) is 0 Å². The highest BCUT2D eigenvalue weighted by atomic mass is 16.5. The van der Waals surface area contributed by atoms with Gasteiger partial charge >= 0.3 is 0 Å². The van der Waals surface area contributed by atoms with Crippen LogP contribution in [0.25, 0.3) is 0 Å². The van der Waals surface area contributed by atoms with Crippen LogP contribution < -0.4 is 10.5 Å². The summed E-state index contributed by atoms with van der Waals surface area (Å²) >= 11 is 0. The number of hydrogen-bond donors (Lipinski definition) is 1. The second kappa shape index (κ2) is 5.29. The van der Waals surface area contributed by atoms with Gasteiger partial charge in [-0.05, 0) is 43.0 Å². The lowest BCUT2D eigenvalue weighted by atomic mass is 9.78. The minimum atomic E-state index is -0.000670. The highest BCUT2D eigenvalue weighted by Gasteiger charge is 2.26. The Morgan fingerprint density at radius 2 is 2.05 bits per heavy atom. The molecular formula is C18H21NO. The van der Waals surface area contributed by atoms with Crippen LogP contribution in [0, 0.1) is 6.92 Å². The van der Waals surface area contributed by atoms with Crippen molar-refractivity contribution < 1.29 is 4.74 Å². The molecule has 104 valence electrons. The van der Waals surface area contributed by atoms with Gasteiger partial charge in [0.25, 0.3) is 0 Å². The molecule has 0 fully saturated rings. The molecule has 1 aliphatic carbocycles. The smallest absolute Gasteiger partial charge is 0.124 e. The first-order chi connectivity index (χ1) is 9.65. The topological polar surface area (TPSA) is 35.2 Å². The van der Waals surface area contributed by atoms with Crippen LogP contribution in [0.4, 0.5) is 0 Å². The number of fused-ring (bicyclic) bond motifs is 1. The fraction of sp³-hybridized carbons (Fsp3) is 0.333. The molecule has 2 aromatic rings. The molecule has 20 heavy (non-hydrogen) atoms. The van der Waals surface area contributed by atoms with E-state index in [2.05, 4.69) is 49.4 Å². The molecule has 2 aromatic carbocycles. The Labute approximate surface area is 120 Å². The average Bonchev–Trinajstić information content (AvgIpc) is 2.39. The normalized spacial score (nSPS) is 18.1. The molecule has 2 heteroatoms. The van der Waals surface area contributed by atoms with Gasteiger partial charge in [-0.2, -0.15) is 0 Å². The van der Waals surface area contributed by atoms with Crippen LogP contribution in [0.1, 0.15) is 41.1 Å². The lowest BCUT2D eigenvalue weighted by Crippen LogP contribution is -2.23. The Balaban J connectivity index is 1.72. The predicted octanol–water partition coefficient (Wildman–Crippen LogP) is 3.73. The molecule has 0 saturated carbocycles. The molecule has 0 aliphatic heterocycles. The first-order valence-corrected chi connectivity index (χ1v) is 7.22. The number of rotatable bonds is 4. The van der Waals surface area contributed by atoms with E-state index >= 15 is 0 Å². The van der Waals surface area contributed by atoms with Gasteiger partial charge in [0, 0.05) is 17.5 Å². The first-order valence-electron chi connectivity index (χ1n) is 7.22. The van der Waals surface area contributed by atoms with Gasteiger partial charge in [-0.25, -0.2) is 0 Å². The van der Waals surface area contributed by atoms with Gasteiger partial charge < -0.3 is 10.5 Å². The summed E-state index contributed by atoms with van der Waals surface area (Å²) in [6.07, 6.45) is 1.12. The molecular weight excluding hydrogens is 246 g/mol. The van der Waals surface area contributed by atoms with Gasteiger partial charge in [0.2, 0.25) is 0 Å². The fourth-order valence-corrected chi connectivity index (χ4v) is 2.84. The van der Waals surface area contributed by atoms with Crippen molar-refractivity contribution in [2.75, 3.05) is 6.61 Å². The zero-order valence-corrected chi connectivity index (χ0v) is 12.1. The minimum Gasteiger partial charge on any atom is -0.493 e. The number of nitrogens with two attached hydrogens (primary N) is 1. The van der Waals surface area contributed by atoms with E-state index in [0.717, 1.165) is 24.3 Å². The number of hydrogen-bond acceptors (Lipinski definition) is 2. The summed E-state index contributed by atoms with van der Waals surface area (Å²) < 4.78 is 6.06. The lowest BCUT2D eigenvalue weighted by Gasteiger charge is -2.30. The lowest BCUT2D eigenvalue weighted by molar-refractivity contribution is 0.271. The molecule has 0 radical (unpaired) electrons. The highest BCUT2D eigenvalue weighted by Crippen LogP contribution is 2.36. The van der Waals surface area contributed by atoms with Crippen LogP contribution >= 0.6 is 0 Å². The largest absolute Gasteiger partial charge is 0.493 e. The molecule has 1 aliphatic rings. The van der Waals surface area contributed by atoms with Gasteiger partial charge in [0.05, 0.1) is 6.61 Å². The second-order valence-electron chi connectivity index (χ2n) is 5.74. The molecule has 0 amide bonds.